The number of aryl methyl sites for hydroxylation is 1. The van der Waals surface area contributed by atoms with Gasteiger partial charge in [0.1, 0.15) is 24.0 Å². The summed E-state index contributed by atoms with van der Waals surface area (Å²) in [5.41, 5.74) is 12.0. The molecule has 0 amide bonds. The third-order valence-electron chi connectivity index (χ3n) is 5.75. The standard InChI is InChI=1S/C27H22N4O2/c1-17-11-13-18(14-12-17)16-32-22-10-6-5-9-20(22)23-21(15-28)26(29)33-27-24(23)25(30-31-27)19-7-3-2-4-8-19/h2-14,23H,16,29H2,1H3,(H,30,31). The van der Waals surface area contributed by atoms with Crippen LogP contribution in [-0.2, 0) is 6.61 Å². The topological polar surface area (TPSA) is 96.9 Å². The summed E-state index contributed by atoms with van der Waals surface area (Å²) in [6, 6.07) is 28.0. The number of allylic oxidation sites excluding steroid dienone is 1. The van der Waals surface area contributed by atoms with Crippen LogP contribution >= 0.6 is 0 Å². The number of H-pyrrole nitrogens is 1. The molecule has 6 heteroatoms. The Morgan fingerprint density at radius 3 is 2.52 bits per heavy atom. The number of hydrogen-bond donors (Lipinski definition) is 2. The van der Waals surface area contributed by atoms with E-state index in [1.165, 1.54) is 5.56 Å². The van der Waals surface area contributed by atoms with E-state index in [4.69, 9.17) is 15.2 Å². The van der Waals surface area contributed by atoms with Crippen LogP contribution < -0.4 is 15.2 Å². The van der Waals surface area contributed by atoms with E-state index in [1.807, 2.05) is 66.7 Å². The number of ether oxygens (including phenoxy) is 2. The lowest BCUT2D eigenvalue weighted by atomic mass is 9.82. The average Bonchev–Trinajstić information content (AvgIpc) is 3.27. The molecule has 0 aliphatic carbocycles. The van der Waals surface area contributed by atoms with Gasteiger partial charge in [0.15, 0.2) is 0 Å². The lowest BCUT2D eigenvalue weighted by molar-refractivity contribution is 0.301. The monoisotopic (exact) mass is 434 g/mol. The molecule has 4 aromatic rings. The number of nitriles is 1. The highest BCUT2D eigenvalue weighted by atomic mass is 16.5. The molecule has 3 aromatic carbocycles. The number of hydrogen-bond acceptors (Lipinski definition) is 5. The van der Waals surface area contributed by atoms with Crippen LogP contribution in [0.1, 0.15) is 28.2 Å². The molecule has 3 N–H and O–H groups in total. The predicted molar refractivity (Wildman–Crippen MR) is 125 cm³/mol. The largest absolute Gasteiger partial charge is 0.489 e. The van der Waals surface area contributed by atoms with Crippen LogP contribution in [0.5, 0.6) is 11.6 Å². The quantitative estimate of drug-likeness (QED) is 0.451. The van der Waals surface area contributed by atoms with E-state index >= 15 is 0 Å². The molecular formula is C27H22N4O2. The molecule has 1 aliphatic rings. The van der Waals surface area contributed by atoms with E-state index in [2.05, 4.69) is 35.3 Å². The Morgan fingerprint density at radius 2 is 1.76 bits per heavy atom. The zero-order valence-electron chi connectivity index (χ0n) is 18.1. The van der Waals surface area contributed by atoms with E-state index < -0.39 is 5.92 Å². The maximum absolute atomic E-state index is 10.0. The first-order valence-electron chi connectivity index (χ1n) is 10.6. The molecule has 0 saturated heterocycles. The van der Waals surface area contributed by atoms with Gasteiger partial charge < -0.3 is 15.2 Å². The first-order valence-corrected chi connectivity index (χ1v) is 10.6. The molecule has 162 valence electrons. The zero-order chi connectivity index (χ0) is 22.8. The molecule has 1 aromatic heterocycles. The molecule has 0 saturated carbocycles. The van der Waals surface area contributed by atoms with Gasteiger partial charge in [-0.05, 0) is 24.1 Å². The lowest BCUT2D eigenvalue weighted by Gasteiger charge is -2.25. The van der Waals surface area contributed by atoms with Crippen LogP contribution in [0.15, 0.2) is 90.3 Å². The fourth-order valence-electron chi connectivity index (χ4n) is 4.08. The van der Waals surface area contributed by atoms with Crippen molar-refractivity contribution >= 4 is 0 Å². The molecule has 0 spiro atoms. The van der Waals surface area contributed by atoms with E-state index in [-0.39, 0.29) is 5.88 Å². The number of nitrogens with one attached hydrogen (secondary N) is 1. The van der Waals surface area contributed by atoms with Gasteiger partial charge in [0.25, 0.3) is 0 Å². The Hall–Kier alpha value is -4.50. The van der Waals surface area contributed by atoms with Crippen LogP contribution in [0.25, 0.3) is 11.3 Å². The van der Waals surface area contributed by atoms with Crippen LogP contribution in [0.2, 0.25) is 0 Å². The summed E-state index contributed by atoms with van der Waals surface area (Å²) >= 11 is 0. The Balaban J connectivity index is 1.60. The normalized spacial score (nSPS) is 14.8. The summed E-state index contributed by atoms with van der Waals surface area (Å²) in [5.74, 6) is 0.608. The Kier molecular flexibility index (Phi) is 5.29. The number of nitrogens with zero attached hydrogens (tertiary/aromatic N) is 2. The van der Waals surface area contributed by atoms with Gasteiger partial charge in [0, 0.05) is 5.56 Å². The summed E-state index contributed by atoms with van der Waals surface area (Å²) in [7, 11) is 0. The second-order valence-corrected chi connectivity index (χ2v) is 7.92. The van der Waals surface area contributed by atoms with Gasteiger partial charge in [-0.3, -0.25) is 5.10 Å². The summed E-state index contributed by atoms with van der Waals surface area (Å²) in [4.78, 5) is 0. The van der Waals surface area contributed by atoms with Crippen molar-refractivity contribution in [2.24, 2.45) is 5.73 Å². The van der Waals surface area contributed by atoms with E-state index in [0.29, 0.717) is 23.8 Å². The van der Waals surface area contributed by atoms with Crippen molar-refractivity contribution < 1.29 is 9.47 Å². The van der Waals surface area contributed by atoms with Crippen molar-refractivity contribution in [3.63, 3.8) is 0 Å². The van der Waals surface area contributed by atoms with Crippen LogP contribution in [0.3, 0.4) is 0 Å². The lowest BCUT2D eigenvalue weighted by Crippen LogP contribution is -2.21. The molecule has 0 bridgehead atoms. The van der Waals surface area contributed by atoms with E-state index in [9.17, 15) is 5.26 Å². The summed E-state index contributed by atoms with van der Waals surface area (Å²) in [6.07, 6.45) is 0. The smallest absolute Gasteiger partial charge is 0.244 e. The van der Waals surface area contributed by atoms with Crippen LogP contribution in [-0.4, -0.2) is 10.2 Å². The fourth-order valence-corrected chi connectivity index (χ4v) is 4.08. The Bertz CT molecular complexity index is 1370. The van der Waals surface area contributed by atoms with Gasteiger partial charge in [0.05, 0.1) is 17.2 Å². The highest BCUT2D eigenvalue weighted by Crippen LogP contribution is 2.47. The molecule has 1 unspecified atom stereocenters. The van der Waals surface area contributed by atoms with Gasteiger partial charge in [-0.2, -0.15) is 5.26 Å². The summed E-state index contributed by atoms with van der Waals surface area (Å²) in [6.45, 7) is 2.46. The number of aromatic amines is 1. The van der Waals surface area contributed by atoms with E-state index in [0.717, 1.165) is 27.9 Å². The minimum atomic E-state index is -0.484. The number of nitrogens with two attached hydrogens (primary N) is 1. The molecule has 0 fully saturated rings. The predicted octanol–water partition coefficient (Wildman–Crippen LogP) is 5.18. The summed E-state index contributed by atoms with van der Waals surface area (Å²) < 4.78 is 12.0. The second kappa shape index (κ2) is 8.56. The van der Waals surface area contributed by atoms with Crippen LogP contribution in [0.4, 0.5) is 0 Å². The zero-order valence-corrected chi connectivity index (χ0v) is 18.1. The number of benzene rings is 3. The molecule has 33 heavy (non-hydrogen) atoms. The van der Waals surface area contributed by atoms with Crippen molar-refractivity contribution in [3.8, 4) is 29.0 Å². The minimum Gasteiger partial charge on any atom is -0.489 e. The first-order chi connectivity index (χ1) is 16.2. The van der Waals surface area contributed by atoms with Crippen molar-refractivity contribution in [3.05, 3.63) is 113 Å². The molecule has 6 nitrogen and oxygen atoms in total. The molecule has 0 radical (unpaired) electrons. The van der Waals surface area contributed by atoms with Crippen LogP contribution in [0, 0.1) is 18.3 Å². The van der Waals surface area contributed by atoms with Crippen molar-refractivity contribution in [2.45, 2.75) is 19.4 Å². The molecule has 5 rings (SSSR count). The molecule has 2 heterocycles. The third-order valence-corrected chi connectivity index (χ3v) is 5.75. The third kappa shape index (κ3) is 3.81. The highest BCUT2D eigenvalue weighted by molar-refractivity contribution is 5.71. The maximum atomic E-state index is 10.0. The van der Waals surface area contributed by atoms with Gasteiger partial charge in [-0.15, -0.1) is 5.10 Å². The highest BCUT2D eigenvalue weighted by Gasteiger charge is 2.37. The second-order valence-electron chi connectivity index (χ2n) is 7.92. The SMILES string of the molecule is Cc1ccc(COc2ccccc2C2C(C#N)=C(N)Oc3n[nH]c(-c4ccccc4)c32)cc1. The molecule has 1 aliphatic heterocycles. The van der Waals surface area contributed by atoms with E-state index in [1.54, 1.807) is 0 Å². The van der Waals surface area contributed by atoms with Gasteiger partial charge in [0.2, 0.25) is 11.8 Å². The van der Waals surface area contributed by atoms with Crippen molar-refractivity contribution in [1.29, 1.82) is 5.26 Å². The Morgan fingerprint density at radius 1 is 1.03 bits per heavy atom. The first kappa shape index (κ1) is 20.4. The minimum absolute atomic E-state index is 0.0504. The number of para-hydroxylation sites is 1. The number of fused-ring (bicyclic) bond motifs is 1. The molecule has 1 atom stereocenters. The average molecular weight is 434 g/mol. The fraction of sp³-hybridized carbons (Fsp3) is 0.111. The van der Waals surface area contributed by atoms with Crippen molar-refractivity contribution in [2.75, 3.05) is 0 Å². The van der Waals surface area contributed by atoms with Gasteiger partial charge in [-0.1, -0.05) is 78.4 Å². The number of aromatic nitrogens is 2. The Labute approximate surface area is 191 Å². The van der Waals surface area contributed by atoms with Gasteiger partial charge in [-0.25, -0.2) is 0 Å². The molecular weight excluding hydrogens is 412 g/mol. The van der Waals surface area contributed by atoms with Gasteiger partial charge >= 0.3 is 0 Å². The number of rotatable bonds is 5. The summed E-state index contributed by atoms with van der Waals surface area (Å²) in [5, 5.41) is 17.4. The maximum Gasteiger partial charge on any atom is 0.244 e. The van der Waals surface area contributed by atoms with Crippen molar-refractivity contribution in [1.82, 2.24) is 10.2 Å².